The summed E-state index contributed by atoms with van der Waals surface area (Å²) in [5, 5.41) is 1.40. The number of rotatable bonds is 2. The van der Waals surface area contributed by atoms with Crippen molar-refractivity contribution in [3.05, 3.63) is 45.9 Å². The second-order valence-corrected chi connectivity index (χ2v) is 3.74. The second-order valence-electron chi connectivity index (χ2n) is 3.74. The predicted octanol–water partition coefficient (Wildman–Crippen LogP) is 1.88. The summed E-state index contributed by atoms with van der Waals surface area (Å²) >= 11 is 0. The van der Waals surface area contributed by atoms with Crippen molar-refractivity contribution in [3.63, 3.8) is 0 Å². The molecule has 2 rings (SSSR count). The number of fused-ring (bicyclic) bond motifs is 1. The fourth-order valence-electron chi connectivity index (χ4n) is 1.88. The first-order valence-electron chi connectivity index (χ1n) is 5.40. The normalized spacial score (nSPS) is 10.5. The molecule has 1 heterocycles. The number of aryl methyl sites for hydroxylation is 1. The van der Waals surface area contributed by atoms with Gasteiger partial charge in [-0.15, -0.1) is 0 Å². The van der Waals surface area contributed by atoms with Gasteiger partial charge >= 0.3 is 5.97 Å². The van der Waals surface area contributed by atoms with Crippen molar-refractivity contribution in [2.24, 2.45) is 0 Å². The van der Waals surface area contributed by atoms with Crippen molar-refractivity contribution in [1.82, 2.24) is 4.98 Å². The molecule has 0 aliphatic heterocycles. The highest BCUT2D eigenvalue weighted by Crippen LogP contribution is 2.17. The minimum atomic E-state index is -0.532. The van der Waals surface area contributed by atoms with E-state index in [0.717, 1.165) is 17.4 Å². The average Bonchev–Trinajstić information content (AvgIpc) is 2.37. The zero-order valence-electron chi connectivity index (χ0n) is 9.74. The predicted molar refractivity (Wildman–Crippen MR) is 65.3 cm³/mol. The second kappa shape index (κ2) is 4.41. The van der Waals surface area contributed by atoms with Gasteiger partial charge in [0, 0.05) is 5.39 Å². The molecular formula is C13H13NO3. The molecule has 0 atom stereocenters. The Morgan fingerprint density at radius 2 is 2.12 bits per heavy atom. The molecule has 0 fully saturated rings. The Hall–Kier alpha value is -2.10. The molecule has 88 valence electrons. The van der Waals surface area contributed by atoms with Crippen LogP contribution in [-0.2, 0) is 11.2 Å². The van der Waals surface area contributed by atoms with Gasteiger partial charge < -0.3 is 9.72 Å². The van der Waals surface area contributed by atoms with Gasteiger partial charge in [0.2, 0.25) is 0 Å². The number of aromatic amines is 1. The lowest BCUT2D eigenvalue weighted by Crippen LogP contribution is -2.14. The lowest BCUT2D eigenvalue weighted by atomic mass is 10.0. The molecule has 0 bridgehead atoms. The van der Waals surface area contributed by atoms with Crippen LogP contribution < -0.4 is 5.56 Å². The molecule has 0 radical (unpaired) electrons. The molecule has 17 heavy (non-hydrogen) atoms. The van der Waals surface area contributed by atoms with Crippen molar-refractivity contribution in [2.75, 3.05) is 7.11 Å². The van der Waals surface area contributed by atoms with E-state index in [1.54, 1.807) is 12.1 Å². The summed E-state index contributed by atoms with van der Waals surface area (Å²) in [6.07, 6.45) is 0.807. The lowest BCUT2D eigenvalue weighted by molar-refractivity contribution is 0.0594. The summed E-state index contributed by atoms with van der Waals surface area (Å²) in [6, 6.07) is 7.20. The topological polar surface area (TPSA) is 59.2 Å². The summed E-state index contributed by atoms with van der Waals surface area (Å²) in [6.45, 7) is 2.01. The van der Waals surface area contributed by atoms with Gasteiger partial charge in [-0.25, -0.2) is 4.79 Å². The number of nitrogens with one attached hydrogen (secondary N) is 1. The molecule has 0 amide bonds. The van der Waals surface area contributed by atoms with Crippen LogP contribution in [0.3, 0.4) is 0 Å². The van der Waals surface area contributed by atoms with Crippen LogP contribution in [0.15, 0.2) is 29.1 Å². The van der Waals surface area contributed by atoms with Crippen LogP contribution in [0.5, 0.6) is 0 Å². The van der Waals surface area contributed by atoms with Gasteiger partial charge in [-0.1, -0.05) is 19.1 Å². The van der Waals surface area contributed by atoms with Crippen LogP contribution >= 0.6 is 0 Å². The van der Waals surface area contributed by atoms with E-state index >= 15 is 0 Å². The first-order chi connectivity index (χ1) is 8.17. The molecule has 4 nitrogen and oxygen atoms in total. The maximum atomic E-state index is 11.8. The maximum absolute atomic E-state index is 11.8. The number of hydrogen-bond donors (Lipinski definition) is 1. The highest BCUT2D eigenvalue weighted by Gasteiger charge is 2.10. The van der Waals surface area contributed by atoms with Crippen LogP contribution in [-0.4, -0.2) is 18.1 Å². The number of benzene rings is 1. The number of pyridine rings is 1. The van der Waals surface area contributed by atoms with Gasteiger partial charge in [-0.2, -0.15) is 0 Å². The molecular weight excluding hydrogens is 218 g/mol. The Morgan fingerprint density at radius 1 is 1.35 bits per heavy atom. The Labute approximate surface area is 98.2 Å². The standard InChI is InChI=1S/C13H13NO3/c1-3-8-5-4-6-9-10(8)7-11(13(16)17-2)14-12(9)15/h4-7H,3H2,1-2H3,(H,14,15). The van der Waals surface area contributed by atoms with Gasteiger partial charge in [0.05, 0.1) is 7.11 Å². The minimum absolute atomic E-state index is 0.186. The molecule has 1 N–H and O–H groups in total. The molecule has 1 aromatic carbocycles. The number of ether oxygens (including phenoxy) is 1. The summed E-state index contributed by atoms with van der Waals surface area (Å²) in [5.74, 6) is -0.532. The summed E-state index contributed by atoms with van der Waals surface area (Å²) < 4.78 is 4.60. The van der Waals surface area contributed by atoms with Gasteiger partial charge in [-0.05, 0) is 29.5 Å². The summed E-state index contributed by atoms with van der Waals surface area (Å²) in [4.78, 5) is 25.8. The lowest BCUT2D eigenvalue weighted by Gasteiger charge is -2.05. The third-order valence-electron chi connectivity index (χ3n) is 2.76. The molecule has 0 spiro atoms. The van der Waals surface area contributed by atoms with Crippen molar-refractivity contribution in [1.29, 1.82) is 0 Å². The smallest absolute Gasteiger partial charge is 0.354 e. The Bertz CT molecular complexity index is 628. The quantitative estimate of drug-likeness (QED) is 0.803. The van der Waals surface area contributed by atoms with Crippen LogP contribution in [0.25, 0.3) is 10.8 Å². The fraction of sp³-hybridized carbons (Fsp3) is 0.231. The molecule has 0 saturated heterocycles. The zero-order valence-corrected chi connectivity index (χ0v) is 9.74. The van der Waals surface area contributed by atoms with Crippen molar-refractivity contribution in [3.8, 4) is 0 Å². The number of carbonyl (C=O) groups excluding carboxylic acids is 1. The van der Waals surface area contributed by atoms with E-state index in [1.807, 2.05) is 19.1 Å². The number of carbonyl (C=O) groups is 1. The van der Waals surface area contributed by atoms with E-state index in [0.29, 0.717) is 5.39 Å². The largest absolute Gasteiger partial charge is 0.464 e. The van der Waals surface area contributed by atoms with Crippen LogP contribution in [0.4, 0.5) is 0 Å². The third kappa shape index (κ3) is 1.93. The SMILES string of the molecule is CCc1cccc2c(=O)[nH]c(C(=O)OC)cc12. The molecule has 1 aromatic heterocycles. The highest BCUT2D eigenvalue weighted by atomic mass is 16.5. The van der Waals surface area contributed by atoms with E-state index in [-0.39, 0.29) is 11.3 Å². The summed E-state index contributed by atoms with van der Waals surface area (Å²) in [5.41, 5.74) is 0.961. The van der Waals surface area contributed by atoms with Gasteiger partial charge in [0.15, 0.2) is 0 Å². The van der Waals surface area contributed by atoms with Crippen molar-refractivity contribution >= 4 is 16.7 Å². The molecule has 0 aliphatic rings. The van der Waals surface area contributed by atoms with Gasteiger partial charge in [0.1, 0.15) is 5.69 Å². The number of esters is 1. The van der Waals surface area contributed by atoms with Gasteiger partial charge in [0.25, 0.3) is 5.56 Å². The van der Waals surface area contributed by atoms with E-state index in [1.165, 1.54) is 7.11 Å². The average molecular weight is 231 g/mol. The number of aromatic nitrogens is 1. The van der Waals surface area contributed by atoms with Crippen LogP contribution in [0.1, 0.15) is 23.0 Å². The van der Waals surface area contributed by atoms with E-state index in [4.69, 9.17) is 0 Å². The van der Waals surface area contributed by atoms with E-state index < -0.39 is 5.97 Å². The first-order valence-corrected chi connectivity index (χ1v) is 5.40. The minimum Gasteiger partial charge on any atom is -0.464 e. The molecule has 2 aromatic rings. The Morgan fingerprint density at radius 3 is 2.76 bits per heavy atom. The van der Waals surface area contributed by atoms with Gasteiger partial charge in [-0.3, -0.25) is 4.79 Å². The van der Waals surface area contributed by atoms with E-state index in [9.17, 15) is 9.59 Å². The monoisotopic (exact) mass is 231 g/mol. The van der Waals surface area contributed by atoms with Crippen LogP contribution in [0, 0.1) is 0 Å². The first kappa shape index (κ1) is 11.4. The molecule has 4 heteroatoms. The van der Waals surface area contributed by atoms with Crippen LogP contribution in [0.2, 0.25) is 0 Å². The highest BCUT2D eigenvalue weighted by molar-refractivity contribution is 5.94. The third-order valence-corrected chi connectivity index (χ3v) is 2.76. The molecule has 0 saturated carbocycles. The Balaban J connectivity index is 2.79. The Kier molecular flexibility index (Phi) is 2.95. The van der Waals surface area contributed by atoms with Crippen molar-refractivity contribution in [2.45, 2.75) is 13.3 Å². The molecule has 0 aliphatic carbocycles. The number of H-pyrrole nitrogens is 1. The fourth-order valence-corrected chi connectivity index (χ4v) is 1.88. The van der Waals surface area contributed by atoms with Crippen molar-refractivity contribution < 1.29 is 9.53 Å². The molecule has 0 unspecified atom stereocenters. The summed E-state index contributed by atoms with van der Waals surface area (Å²) in [7, 11) is 1.29. The number of methoxy groups -OCH3 is 1. The maximum Gasteiger partial charge on any atom is 0.354 e. The zero-order chi connectivity index (χ0) is 12.4. The number of hydrogen-bond acceptors (Lipinski definition) is 3. The van der Waals surface area contributed by atoms with E-state index in [2.05, 4.69) is 9.72 Å².